The van der Waals surface area contributed by atoms with E-state index in [4.69, 9.17) is 0 Å². The maximum absolute atomic E-state index is 13.0. The van der Waals surface area contributed by atoms with Gasteiger partial charge < -0.3 is 10.2 Å². The summed E-state index contributed by atoms with van der Waals surface area (Å²) in [4.78, 5) is 39.1. The fourth-order valence-electron chi connectivity index (χ4n) is 3.50. The number of amides is 2. The lowest BCUT2D eigenvalue weighted by molar-refractivity contribution is -0.145. The third kappa shape index (κ3) is 5.03. The molecule has 1 saturated heterocycles. The number of nitrogens with zero attached hydrogens (tertiary/aromatic N) is 4. The van der Waals surface area contributed by atoms with E-state index in [0.29, 0.717) is 35.3 Å². The van der Waals surface area contributed by atoms with Crippen LogP contribution in [0.3, 0.4) is 0 Å². The van der Waals surface area contributed by atoms with E-state index in [2.05, 4.69) is 20.3 Å². The molecule has 0 aliphatic carbocycles. The second-order valence-electron chi connectivity index (χ2n) is 7.73. The molecule has 0 saturated carbocycles. The maximum Gasteiger partial charge on any atom is 0.451 e. The number of nitrogens with one attached hydrogen (secondary N) is 1. The highest BCUT2D eigenvalue weighted by Gasteiger charge is 2.34. The van der Waals surface area contributed by atoms with Gasteiger partial charge in [0.15, 0.2) is 0 Å². The molecule has 2 aromatic heterocycles. The van der Waals surface area contributed by atoms with Gasteiger partial charge in [0.25, 0.3) is 5.91 Å². The van der Waals surface area contributed by atoms with Crippen molar-refractivity contribution in [1.82, 2.24) is 20.3 Å². The van der Waals surface area contributed by atoms with Crippen LogP contribution in [0.4, 0.5) is 18.9 Å². The predicted octanol–water partition coefficient (Wildman–Crippen LogP) is 4.55. The van der Waals surface area contributed by atoms with Crippen LogP contribution < -0.4 is 10.2 Å². The molecule has 3 aromatic rings. The van der Waals surface area contributed by atoms with E-state index < -0.39 is 23.9 Å². The molecule has 0 spiro atoms. The molecule has 7 nitrogen and oxygen atoms in total. The second kappa shape index (κ2) is 8.89. The quantitative estimate of drug-likeness (QED) is 0.585. The lowest BCUT2D eigenvalue weighted by atomic mass is 10.1. The van der Waals surface area contributed by atoms with E-state index in [9.17, 15) is 22.8 Å². The lowest BCUT2D eigenvalue weighted by Gasteiger charge is -2.19. The van der Waals surface area contributed by atoms with Crippen molar-refractivity contribution in [3.63, 3.8) is 0 Å². The summed E-state index contributed by atoms with van der Waals surface area (Å²) in [7, 11) is 0. The van der Waals surface area contributed by atoms with E-state index in [1.807, 2.05) is 13.0 Å². The standard InChI is InChI=1S/C22H20F3N5O2S/c1-12-9-26-20(33-12)15-6-14(7-17(8-15)30-5-3-4-18(30)31)19(32)29-13(2)16-10-27-21(28-11-16)22(23,24)25/h6-11,13H,3-5H2,1-2H3,(H,29,32). The molecule has 0 radical (unpaired) electrons. The number of benzene rings is 1. The largest absolute Gasteiger partial charge is 0.451 e. The summed E-state index contributed by atoms with van der Waals surface area (Å²) in [6.07, 6.45) is 0.385. The molecule has 3 heterocycles. The van der Waals surface area contributed by atoms with E-state index in [1.54, 1.807) is 30.2 Å². The topological polar surface area (TPSA) is 88.1 Å². The first-order chi connectivity index (χ1) is 15.6. The molecular weight excluding hydrogens is 455 g/mol. The van der Waals surface area contributed by atoms with Gasteiger partial charge in [0, 0.05) is 58.8 Å². The SMILES string of the molecule is Cc1cnc(-c2cc(C(=O)NC(C)c3cnc(C(F)(F)F)nc3)cc(N3CCCC3=O)c2)s1. The number of hydrogen-bond acceptors (Lipinski definition) is 6. The molecule has 4 rings (SSSR count). The molecule has 1 fully saturated rings. The van der Waals surface area contributed by atoms with Crippen LogP contribution in [0.5, 0.6) is 0 Å². The average molecular weight is 475 g/mol. The molecule has 1 aromatic carbocycles. The minimum absolute atomic E-state index is 0.0101. The van der Waals surface area contributed by atoms with Gasteiger partial charge >= 0.3 is 6.18 Å². The van der Waals surface area contributed by atoms with Gasteiger partial charge in [-0.1, -0.05) is 0 Å². The molecule has 0 bridgehead atoms. The van der Waals surface area contributed by atoms with Crippen molar-refractivity contribution in [3.8, 4) is 10.6 Å². The number of rotatable bonds is 5. The zero-order valence-corrected chi connectivity index (χ0v) is 18.6. The normalized spacial score (nSPS) is 15.1. The fourth-order valence-corrected chi connectivity index (χ4v) is 4.25. The van der Waals surface area contributed by atoms with Crippen molar-refractivity contribution in [2.24, 2.45) is 0 Å². The molecule has 33 heavy (non-hydrogen) atoms. The van der Waals surface area contributed by atoms with Crippen molar-refractivity contribution >= 4 is 28.8 Å². The van der Waals surface area contributed by atoms with Crippen molar-refractivity contribution in [2.45, 2.75) is 38.9 Å². The number of carbonyl (C=O) groups excluding carboxylic acids is 2. The Kier molecular flexibility index (Phi) is 6.15. The molecule has 172 valence electrons. The van der Waals surface area contributed by atoms with Crippen molar-refractivity contribution in [1.29, 1.82) is 0 Å². The molecule has 1 N–H and O–H groups in total. The Hall–Kier alpha value is -3.34. The third-order valence-electron chi connectivity index (χ3n) is 5.21. The van der Waals surface area contributed by atoms with Gasteiger partial charge in [-0.05, 0) is 38.5 Å². The summed E-state index contributed by atoms with van der Waals surface area (Å²) in [5, 5.41) is 3.48. The monoisotopic (exact) mass is 475 g/mol. The van der Waals surface area contributed by atoms with Crippen LogP contribution in [-0.4, -0.2) is 33.3 Å². The van der Waals surface area contributed by atoms with E-state index in [1.165, 1.54) is 11.3 Å². The van der Waals surface area contributed by atoms with Gasteiger partial charge in [-0.3, -0.25) is 9.59 Å². The zero-order chi connectivity index (χ0) is 23.8. The minimum Gasteiger partial charge on any atom is -0.345 e. The smallest absolute Gasteiger partial charge is 0.345 e. The van der Waals surface area contributed by atoms with Crippen LogP contribution >= 0.6 is 11.3 Å². The van der Waals surface area contributed by atoms with Gasteiger partial charge in [0.05, 0.1) is 6.04 Å². The highest BCUT2D eigenvalue weighted by molar-refractivity contribution is 7.14. The number of anilines is 1. The lowest BCUT2D eigenvalue weighted by Crippen LogP contribution is -2.28. The van der Waals surface area contributed by atoms with Gasteiger partial charge in [0.2, 0.25) is 11.7 Å². The van der Waals surface area contributed by atoms with Gasteiger partial charge in [0.1, 0.15) is 5.01 Å². The molecule has 1 unspecified atom stereocenters. The van der Waals surface area contributed by atoms with Crippen LogP contribution in [0.1, 0.15) is 52.4 Å². The Labute approximate surface area is 191 Å². The highest BCUT2D eigenvalue weighted by atomic mass is 32.1. The minimum atomic E-state index is -4.64. The van der Waals surface area contributed by atoms with Gasteiger partial charge in [-0.15, -0.1) is 11.3 Å². The van der Waals surface area contributed by atoms with Gasteiger partial charge in [-0.25, -0.2) is 15.0 Å². The zero-order valence-electron chi connectivity index (χ0n) is 17.8. The molecule has 1 aliphatic heterocycles. The summed E-state index contributed by atoms with van der Waals surface area (Å²) < 4.78 is 38.1. The second-order valence-corrected chi connectivity index (χ2v) is 8.96. The van der Waals surface area contributed by atoms with Crippen molar-refractivity contribution in [3.05, 3.63) is 58.6 Å². The van der Waals surface area contributed by atoms with Crippen LogP contribution in [0, 0.1) is 6.92 Å². The number of aryl methyl sites for hydroxylation is 1. The fraction of sp³-hybridized carbons (Fsp3) is 0.318. The maximum atomic E-state index is 13.0. The Morgan fingerprint density at radius 2 is 1.88 bits per heavy atom. The van der Waals surface area contributed by atoms with E-state index in [-0.39, 0.29) is 5.91 Å². The van der Waals surface area contributed by atoms with Crippen molar-refractivity contribution < 1.29 is 22.8 Å². The first-order valence-corrected chi connectivity index (χ1v) is 11.0. The Bertz CT molecular complexity index is 1190. The first-order valence-electron chi connectivity index (χ1n) is 10.2. The third-order valence-corrected chi connectivity index (χ3v) is 6.17. The van der Waals surface area contributed by atoms with E-state index in [0.717, 1.165) is 28.7 Å². The number of alkyl halides is 3. The number of hydrogen-bond donors (Lipinski definition) is 1. The summed E-state index contributed by atoms with van der Waals surface area (Å²) in [6.45, 7) is 4.12. The van der Waals surface area contributed by atoms with Crippen LogP contribution in [0.15, 0.2) is 36.8 Å². The molecule has 2 amide bonds. The van der Waals surface area contributed by atoms with E-state index >= 15 is 0 Å². The van der Waals surface area contributed by atoms with Crippen molar-refractivity contribution in [2.75, 3.05) is 11.4 Å². The number of thiazole rings is 1. The molecular formula is C22H20F3N5O2S. The molecule has 1 atom stereocenters. The Balaban J connectivity index is 1.61. The van der Waals surface area contributed by atoms with Gasteiger partial charge in [-0.2, -0.15) is 13.2 Å². The highest BCUT2D eigenvalue weighted by Crippen LogP contribution is 2.32. The summed E-state index contributed by atoms with van der Waals surface area (Å²) in [5.41, 5.74) is 1.97. The first kappa shape index (κ1) is 22.8. The summed E-state index contributed by atoms with van der Waals surface area (Å²) in [5.74, 6) is -1.69. The summed E-state index contributed by atoms with van der Waals surface area (Å²) in [6, 6.07) is 4.53. The number of halogens is 3. The molecule has 1 aliphatic rings. The Morgan fingerprint density at radius 1 is 1.15 bits per heavy atom. The van der Waals surface area contributed by atoms with Crippen LogP contribution in [-0.2, 0) is 11.0 Å². The number of carbonyl (C=O) groups is 2. The average Bonchev–Trinajstić information content (AvgIpc) is 3.41. The Morgan fingerprint density at radius 3 is 2.45 bits per heavy atom. The van der Waals surface area contributed by atoms with Crippen LogP contribution in [0.25, 0.3) is 10.6 Å². The number of aromatic nitrogens is 3. The van der Waals surface area contributed by atoms with Crippen LogP contribution in [0.2, 0.25) is 0 Å². The predicted molar refractivity (Wildman–Crippen MR) is 117 cm³/mol. The molecule has 11 heteroatoms. The summed E-state index contributed by atoms with van der Waals surface area (Å²) >= 11 is 1.47.